The van der Waals surface area contributed by atoms with Crippen molar-refractivity contribution in [2.24, 2.45) is 5.73 Å². The number of carbonyl (C=O) groups excluding carboxylic acids is 1. The summed E-state index contributed by atoms with van der Waals surface area (Å²) in [5.74, 6) is 0.460. The van der Waals surface area contributed by atoms with E-state index in [0.29, 0.717) is 38.0 Å². The number of ether oxygens (including phenoxy) is 1. The molecule has 1 fully saturated rings. The third-order valence-corrected chi connectivity index (χ3v) is 5.25. The number of pyridine rings is 1. The van der Waals surface area contributed by atoms with Crippen LogP contribution in [0.2, 0.25) is 0 Å². The summed E-state index contributed by atoms with van der Waals surface area (Å²) in [5, 5.41) is 9.13. The van der Waals surface area contributed by atoms with Gasteiger partial charge in [0.15, 0.2) is 0 Å². The fraction of sp³-hybridized carbons (Fsp3) is 0.381. The maximum atomic E-state index is 12.3. The van der Waals surface area contributed by atoms with Crippen LogP contribution in [-0.4, -0.2) is 84.1 Å². The van der Waals surface area contributed by atoms with Gasteiger partial charge in [0.2, 0.25) is 0 Å². The van der Waals surface area contributed by atoms with E-state index in [9.17, 15) is 22.8 Å². The molecule has 1 amide bonds. The van der Waals surface area contributed by atoms with Gasteiger partial charge in [0, 0.05) is 37.9 Å². The second kappa shape index (κ2) is 10.5. The highest BCUT2D eigenvalue weighted by Gasteiger charge is 2.31. The number of nitrogens with zero attached hydrogens (tertiary/aromatic N) is 4. The topological polar surface area (TPSA) is 112 Å². The Morgan fingerprint density at radius 3 is 2.30 bits per heavy atom. The summed E-state index contributed by atoms with van der Waals surface area (Å²) in [5.41, 5.74) is 7.59. The number of carboxylic acid groups (broad SMARTS) is 1. The van der Waals surface area contributed by atoms with Gasteiger partial charge in [0.25, 0.3) is 0 Å². The number of carbonyl (C=O) groups is 2. The molecule has 33 heavy (non-hydrogen) atoms. The zero-order chi connectivity index (χ0) is 24.0. The van der Waals surface area contributed by atoms with E-state index in [0.717, 1.165) is 16.3 Å². The van der Waals surface area contributed by atoms with E-state index in [1.165, 1.54) is 24.3 Å². The summed E-state index contributed by atoms with van der Waals surface area (Å²) < 4.78 is 40.7. The van der Waals surface area contributed by atoms with E-state index in [-0.39, 0.29) is 18.8 Å². The number of hydrogen-bond acceptors (Lipinski definition) is 7. The highest BCUT2D eigenvalue weighted by Crippen LogP contribution is 2.27. The van der Waals surface area contributed by atoms with E-state index >= 15 is 0 Å². The van der Waals surface area contributed by atoms with Crippen molar-refractivity contribution >= 4 is 18.2 Å². The monoisotopic (exact) mass is 467 g/mol. The number of nitrogens with two attached hydrogens (primary N) is 1. The van der Waals surface area contributed by atoms with Crippen LogP contribution >= 0.6 is 0 Å². The lowest BCUT2D eigenvalue weighted by Gasteiger charge is -2.39. The summed E-state index contributed by atoms with van der Waals surface area (Å²) in [6.07, 6.45) is -4.27. The van der Waals surface area contributed by atoms with Crippen LogP contribution in [0.4, 0.5) is 23.8 Å². The zero-order valence-electron chi connectivity index (χ0n) is 17.6. The number of piperazine rings is 1. The normalized spacial score (nSPS) is 15.7. The Balaban J connectivity index is 1.55. The molecule has 0 saturated carbocycles. The molecule has 3 N–H and O–H groups in total. The quantitative estimate of drug-likeness (QED) is 0.569. The summed E-state index contributed by atoms with van der Waals surface area (Å²) in [6.45, 7) is 2.26. The van der Waals surface area contributed by atoms with Gasteiger partial charge in [0.05, 0.1) is 19.3 Å². The zero-order valence-corrected chi connectivity index (χ0v) is 17.6. The molecule has 178 valence electrons. The Hall–Kier alpha value is -3.38. The number of aldehydes is 1. The van der Waals surface area contributed by atoms with Crippen LogP contribution in [0.25, 0.3) is 11.1 Å². The van der Waals surface area contributed by atoms with E-state index in [2.05, 4.69) is 14.6 Å². The largest absolute Gasteiger partial charge is 0.573 e. The highest BCUT2D eigenvalue weighted by molar-refractivity contribution is 5.69. The lowest BCUT2D eigenvalue weighted by molar-refractivity contribution is -0.274. The van der Waals surface area contributed by atoms with Crippen LogP contribution in [-0.2, 0) is 4.79 Å². The molecular formula is C21H24F3N5O4. The summed E-state index contributed by atoms with van der Waals surface area (Å²) in [6, 6.07) is 9.23. The maximum absolute atomic E-state index is 12.3. The van der Waals surface area contributed by atoms with Crippen LogP contribution in [0.5, 0.6) is 5.75 Å². The number of alkyl halides is 3. The van der Waals surface area contributed by atoms with E-state index in [1.54, 1.807) is 6.20 Å². The predicted molar refractivity (Wildman–Crippen MR) is 114 cm³/mol. The molecule has 9 nitrogen and oxygen atoms in total. The molecule has 0 aliphatic carbocycles. The second-order valence-electron chi connectivity index (χ2n) is 7.42. The molecule has 1 unspecified atom stereocenters. The number of anilines is 1. The molecule has 1 aliphatic heterocycles. The molecular weight excluding hydrogens is 443 g/mol. The van der Waals surface area contributed by atoms with Gasteiger partial charge in [-0.05, 0) is 29.8 Å². The number of aromatic nitrogens is 1. The third kappa shape index (κ3) is 6.80. The average Bonchev–Trinajstić information content (AvgIpc) is 2.78. The minimum atomic E-state index is -4.73. The molecule has 1 aromatic heterocycles. The molecule has 0 radical (unpaired) electrons. The molecule has 0 bridgehead atoms. The molecule has 12 heteroatoms. The van der Waals surface area contributed by atoms with Crippen LogP contribution in [0, 0.1) is 0 Å². The number of rotatable bonds is 8. The van der Waals surface area contributed by atoms with E-state index in [1.807, 2.05) is 17.0 Å². The number of hydrogen-bond donors (Lipinski definition) is 2. The molecule has 3 rings (SSSR count). The van der Waals surface area contributed by atoms with Crippen molar-refractivity contribution in [2.45, 2.75) is 12.5 Å². The molecule has 1 aliphatic rings. The second-order valence-corrected chi connectivity index (χ2v) is 7.42. The molecule has 2 aromatic rings. The van der Waals surface area contributed by atoms with Crippen LogP contribution in [0.1, 0.15) is 0 Å². The summed E-state index contributed by atoms with van der Waals surface area (Å²) in [4.78, 5) is 31.3. The minimum Gasteiger partial charge on any atom is -0.465 e. The van der Waals surface area contributed by atoms with Gasteiger partial charge in [-0.25, -0.2) is 9.78 Å². The predicted octanol–water partition coefficient (Wildman–Crippen LogP) is 2.23. The molecule has 1 atom stereocenters. The Kier molecular flexibility index (Phi) is 7.71. The molecule has 1 saturated heterocycles. The van der Waals surface area contributed by atoms with Gasteiger partial charge < -0.3 is 25.3 Å². The van der Waals surface area contributed by atoms with E-state index in [4.69, 9.17) is 10.8 Å². The van der Waals surface area contributed by atoms with Crippen molar-refractivity contribution < 1.29 is 32.6 Å². The van der Waals surface area contributed by atoms with Crippen molar-refractivity contribution in [1.82, 2.24) is 14.8 Å². The Bertz CT molecular complexity index is 932. The minimum absolute atomic E-state index is 0.0355. The Morgan fingerprint density at radius 1 is 1.15 bits per heavy atom. The van der Waals surface area contributed by atoms with Crippen LogP contribution < -0.4 is 15.4 Å². The van der Waals surface area contributed by atoms with E-state index < -0.39 is 18.6 Å². The third-order valence-electron chi connectivity index (χ3n) is 5.25. The fourth-order valence-electron chi connectivity index (χ4n) is 3.54. The first kappa shape index (κ1) is 24.3. The van der Waals surface area contributed by atoms with Crippen molar-refractivity contribution in [3.05, 3.63) is 42.6 Å². The first-order valence-electron chi connectivity index (χ1n) is 10.1. The van der Waals surface area contributed by atoms with Crippen molar-refractivity contribution in [1.29, 1.82) is 0 Å². The standard InChI is InChI=1S/C21H24F3N5O4/c22-21(23,24)33-17-4-1-15(2-5-17)16-3-6-19(26-13-16)28-9-7-27(8-10-28)18(25)14-29(11-12-30)20(31)32/h1-6,12-13,18H,7-11,14,25H2,(H,31,32). The molecule has 2 heterocycles. The summed E-state index contributed by atoms with van der Waals surface area (Å²) >= 11 is 0. The lowest BCUT2D eigenvalue weighted by Crippen LogP contribution is -2.57. The number of halogens is 3. The van der Waals surface area contributed by atoms with Crippen molar-refractivity contribution in [3.8, 4) is 16.9 Å². The Morgan fingerprint density at radius 2 is 1.79 bits per heavy atom. The smallest absolute Gasteiger partial charge is 0.465 e. The Labute approximate surface area is 188 Å². The molecule has 0 spiro atoms. The number of benzene rings is 1. The van der Waals surface area contributed by atoms with Crippen LogP contribution in [0.3, 0.4) is 0 Å². The average molecular weight is 467 g/mol. The molecule has 1 aromatic carbocycles. The summed E-state index contributed by atoms with van der Waals surface area (Å²) in [7, 11) is 0. The lowest BCUT2D eigenvalue weighted by atomic mass is 10.1. The van der Waals surface area contributed by atoms with Gasteiger partial charge >= 0.3 is 12.5 Å². The SMILES string of the molecule is NC(CN(CC=O)C(=O)O)N1CCN(c2ccc(-c3ccc(OC(F)(F)F)cc3)cn2)CC1. The van der Waals surface area contributed by atoms with Gasteiger partial charge in [-0.3, -0.25) is 9.80 Å². The first-order valence-corrected chi connectivity index (χ1v) is 10.1. The first-order chi connectivity index (χ1) is 15.7. The maximum Gasteiger partial charge on any atom is 0.573 e. The van der Waals surface area contributed by atoms with Crippen molar-refractivity contribution in [2.75, 3.05) is 44.2 Å². The van der Waals surface area contributed by atoms with Gasteiger partial charge in [-0.15, -0.1) is 13.2 Å². The fourth-order valence-corrected chi connectivity index (χ4v) is 3.54. The van der Waals surface area contributed by atoms with Gasteiger partial charge in [-0.1, -0.05) is 12.1 Å². The highest BCUT2D eigenvalue weighted by atomic mass is 19.4. The van der Waals surface area contributed by atoms with Gasteiger partial charge in [-0.2, -0.15) is 0 Å². The van der Waals surface area contributed by atoms with Crippen LogP contribution in [0.15, 0.2) is 42.6 Å². The van der Waals surface area contributed by atoms with Gasteiger partial charge in [0.1, 0.15) is 17.9 Å². The number of amides is 1. The van der Waals surface area contributed by atoms with Crippen molar-refractivity contribution in [3.63, 3.8) is 0 Å².